The van der Waals surface area contributed by atoms with Crippen molar-refractivity contribution in [1.29, 1.82) is 0 Å². The van der Waals surface area contributed by atoms with Gasteiger partial charge in [0.25, 0.3) is 10.0 Å². The minimum atomic E-state index is -4.22. The zero-order valence-electron chi connectivity index (χ0n) is 22.0. The maximum atomic E-state index is 13.9. The fourth-order valence-electron chi connectivity index (χ4n) is 3.76. The van der Waals surface area contributed by atoms with Crippen LogP contribution in [0.3, 0.4) is 0 Å². The van der Waals surface area contributed by atoms with E-state index in [1.807, 2.05) is 45.0 Å². The molecule has 0 saturated carbocycles. The van der Waals surface area contributed by atoms with Crippen LogP contribution >= 0.6 is 39.1 Å². The molecule has 3 aromatic rings. The van der Waals surface area contributed by atoms with E-state index in [-0.39, 0.29) is 28.1 Å². The third-order valence-electron chi connectivity index (χ3n) is 5.72. The maximum Gasteiger partial charge on any atom is 0.264 e. The largest absolute Gasteiger partial charge is 0.350 e. The summed E-state index contributed by atoms with van der Waals surface area (Å²) in [6, 6.07) is 18.5. The molecule has 0 spiro atoms. The predicted octanol–water partition coefficient (Wildman–Crippen LogP) is 6.28. The number of rotatable bonds is 9. The molecule has 0 aliphatic heterocycles. The summed E-state index contributed by atoms with van der Waals surface area (Å²) in [5.41, 5.74) is 0.328. The van der Waals surface area contributed by atoms with E-state index in [4.69, 9.17) is 23.2 Å². The first-order valence-electron chi connectivity index (χ1n) is 12.1. The Balaban J connectivity index is 2.05. The number of hydrogen-bond acceptors (Lipinski definition) is 4. The van der Waals surface area contributed by atoms with Gasteiger partial charge in [-0.15, -0.1) is 0 Å². The number of sulfonamides is 1. The topological polar surface area (TPSA) is 86.8 Å². The number of hydrogen-bond donors (Lipinski definition) is 1. The fourth-order valence-corrected chi connectivity index (χ4v) is 6.04. The summed E-state index contributed by atoms with van der Waals surface area (Å²) in [6.45, 7) is 6.63. The van der Waals surface area contributed by atoms with E-state index in [1.165, 1.54) is 35.2 Å². The van der Waals surface area contributed by atoms with Gasteiger partial charge < -0.3 is 10.2 Å². The van der Waals surface area contributed by atoms with Crippen molar-refractivity contribution in [1.82, 2.24) is 10.2 Å². The molecule has 11 heteroatoms. The van der Waals surface area contributed by atoms with E-state index < -0.39 is 34.1 Å². The van der Waals surface area contributed by atoms with Gasteiger partial charge in [-0.3, -0.25) is 13.9 Å². The van der Waals surface area contributed by atoms with Gasteiger partial charge in [0.15, 0.2) is 0 Å². The average Bonchev–Trinajstić information content (AvgIpc) is 2.86. The summed E-state index contributed by atoms with van der Waals surface area (Å²) in [5.74, 6) is -0.949. The Kier molecular flexibility index (Phi) is 10.1. The summed E-state index contributed by atoms with van der Waals surface area (Å²) in [5, 5.41) is 3.28. The standard InChI is InChI=1S/C28H30BrCl2N3O4S/c1-19(27(36)32-28(2,3)4)33(17-20-10-12-21(29)13-11-20)26(35)18-34(25-15-14-22(30)16-24(25)31)39(37,38)23-8-6-5-7-9-23/h5-16,19H,17-18H2,1-4H3,(H,32,36)/t19-/m0/s1. The van der Waals surface area contributed by atoms with Gasteiger partial charge >= 0.3 is 0 Å². The lowest BCUT2D eigenvalue weighted by Crippen LogP contribution is -2.54. The van der Waals surface area contributed by atoms with E-state index in [0.29, 0.717) is 5.02 Å². The highest BCUT2D eigenvalue weighted by Gasteiger charge is 2.34. The SMILES string of the molecule is C[C@@H](C(=O)NC(C)(C)C)N(Cc1ccc(Br)cc1)C(=O)CN(c1ccc(Cl)cc1Cl)S(=O)(=O)c1ccccc1. The van der Waals surface area contributed by atoms with Crippen LogP contribution in [0.15, 0.2) is 82.2 Å². The summed E-state index contributed by atoms with van der Waals surface area (Å²) < 4.78 is 29.4. The highest BCUT2D eigenvalue weighted by molar-refractivity contribution is 9.10. The van der Waals surface area contributed by atoms with Crippen LogP contribution in [0.25, 0.3) is 0 Å². The molecule has 0 aliphatic rings. The van der Waals surface area contributed by atoms with Gasteiger partial charge in [0.05, 0.1) is 15.6 Å². The third kappa shape index (κ3) is 8.20. The highest BCUT2D eigenvalue weighted by Crippen LogP contribution is 2.33. The van der Waals surface area contributed by atoms with Crippen molar-refractivity contribution < 1.29 is 18.0 Å². The zero-order chi connectivity index (χ0) is 29.0. The van der Waals surface area contributed by atoms with E-state index >= 15 is 0 Å². The Morgan fingerprint density at radius 3 is 2.15 bits per heavy atom. The van der Waals surface area contributed by atoms with Crippen molar-refractivity contribution >= 4 is 66.7 Å². The lowest BCUT2D eigenvalue weighted by molar-refractivity contribution is -0.140. The lowest BCUT2D eigenvalue weighted by atomic mass is 10.1. The first-order chi connectivity index (χ1) is 18.2. The van der Waals surface area contributed by atoms with Crippen LogP contribution in [-0.4, -0.2) is 43.3 Å². The van der Waals surface area contributed by atoms with Gasteiger partial charge in [-0.2, -0.15) is 0 Å². The van der Waals surface area contributed by atoms with Crippen LogP contribution in [0, 0.1) is 0 Å². The molecule has 7 nitrogen and oxygen atoms in total. The first kappa shape index (κ1) is 30.9. The zero-order valence-corrected chi connectivity index (χ0v) is 25.9. The first-order valence-corrected chi connectivity index (χ1v) is 15.1. The van der Waals surface area contributed by atoms with Crippen LogP contribution in [0.2, 0.25) is 10.0 Å². The second-order valence-electron chi connectivity index (χ2n) is 9.98. The molecule has 0 bridgehead atoms. The molecule has 0 saturated heterocycles. The van der Waals surface area contributed by atoms with Crippen LogP contribution in [0.1, 0.15) is 33.3 Å². The van der Waals surface area contributed by atoms with Crippen LogP contribution in [0.4, 0.5) is 5.69 Å². The normalized spacial score (nSPS) is 12.5. The van der Waals surface area contributed by atoms with E-state index in [2.05, 4.69) is 21.2 Å². The number of carbonyl (C=O) groups excluding carboxylic acids is 2. The molecule has 39 heavy (non-hydrogen) atoms. The summed E-state index contributed by atoms with van der Waals surface area (Å²) in [6.07, 6.45) is 0. The summed E-state index contributed by atoms with van der Waals surface area (Å²) in [4.78, 5) is 28.4. The molecule has 0 heterocycles. The number of benzene rings is 3. The molecule has 2 amide bonds. The Bertz CT molecular complexity index is 1430. The van der Waals surface area contributed by atoms with E-state index in [9.17, 15) is 18.0 Å². The Morgan fingerprint density at radius 2 is 1.59 bits per heavy atom. The smallest absolute Gasteiger partial charge is 0.264 e. The lowest BCUT2D eigenvalue weighted by Gasteiger charge is -2.33. The molecule has 0 aliphatic carbocycles. The van der Waals surface area contributed by atoms with Gasteiger partial charge in [-0.05, 0) is 75.7 Å². The second kappa shape index (κ2) is 12.7. The number of halogens is 3. The number of nitrogens with zero attached hydrogens (tertiary/aromatic N) is 2. The van der Waals surface area contributed by atoms with Crippen LogP contribution in [-0.2, 0) is 26.2 Å². The number of amides is 2. The van der Waals surface area contributed by atoms with Gasteiger partial charge in [-0.1, -0.05) is 69.5 Å². The van der Waals surface area contributed by atoms with Gasteiger partial charge in [0, 0.05) is 21.6 Å². The quantitative estimate of drug-likeness (QED) is 0.294. The van der Waals surface area contributed by atoms with Crippen molar-refractivity contribution in [3.05, 3.63) is 92.9 Å². The van der Waals surface area contributed by atoms with Crippen molar-refractivity contribution in [3.63, 3.8) is 0 Å². The van der Waals surface area contributed by atoms with Gasteiger partial charge in [-0.25, -0.2) is 8.42 Å². The van der Waals surface area contributed by atoms with Crippen LogP contribution < -0.4 is 9.62 Å². The number of anilines is 1. The molecule has 0 fully saturated rings. The Hall–Kier alpha value is -2.59. The summed E-state index contributed by atoms with van der Waals surface area (Å²) >= 11 is 15.9. The van der Waals surface area contributed by atoms with Gasteiger partial charge in [0.1, 0.15) is 12.6 Å². The van der Waals surface area contributed by atoms with E-state index in [0.717, 1.165) is 14.3 Å². The van der Waals surface area contributed by atoms with Crippen LogP contribution in [0.5, 0.6) is 0 Å². The van der Waals surface area contributed by atoms with Crippen molar-refractivity contribution in [2.24, 2.45) is 0 Å². The second-order valence-corrected chi connectivity index (χ2v) is 13.6. The molecule has 0 radical (unpaired) electrons. The number of carbonyl (C=O) groups is 2. The monoisotopic (exact) mass is 653 g/mol. The molecular formula is C28H30BrCl2N3O4S. The minimum absolute atomic E-state index is 0.0122. The van der Waals surface area contributed by atoms with E-state index in [1.54, 1.807) is 25.1 Å². The molecule has 0 unspecified atom stereocenters. The Morgan fingerprint density at radius 1 is 0.974 bits per heavy atom. The predicted molar refractivity (Wildman–Crippen MR) is 159 cm³/mol. The average molecular weight is 655 g/mol. The molecule has 3 aromatic carbocycles. The molecular weight excluding hydrogens is 625 g/mol. The fraction of sp³-hybridized carbons (Fsp3) is 0.286. The molecule has 0 aromatic heterocycles. The minimum Gasteiger partial charge on any atom is -0.350 e. The third-order valence-corrected chi connectivity index (χ3v) is 8.56. The molecule has 208 valence electrons. The summed E-state index contributed by atoms with van der Waals surface area (Å²) in [7, 11) is -4.22. The van der Waals surface area contributed by atoms with Crippen molar-refractivity contribution in [2.75, 3.05) is 10.8 Å². The number of nitrogens with one attached hydrogen (secondary N) is 1. The highest BCUT2D eigenvalue weighted by atomic mass is 79.9. The van der Waals surface area contributed by atoms with Crippen molar-refractivity contribution in [3.8, 4) is 0 Å². The molecule has 1 atom stereocenters. The van der Waals surface area contributed by atoms with Gasteiger partial charge in [0.2, 0.25) is 11.8 Å². The van der Waals surface area contributed by atoms with Crippen molar-refractivity contribution in [2.45, 2.75) is 50.7 Å². The molecule has 3 rings (SSSR count). The molecule has 1 N–H and O–H groups in total. The Labute approximate surface area is 248 Å². The maximum absolute atomic E-state index is 13.9.